The van der Waals surface area contributed by atoms with Crippen molar-refractivity contribution in [1.29, 1.82) is 0 Å². The minimum atomic E-state index is -0.675. The number of amides is 1. The Morgan fingerprint density at radius 3 is 1.24 bits per heavy atom. The third-order valence-electron chi connectivity index (χ3n) is 12.4. The molecule has 0 aromatic heterocycles. The molecule has 0 saturated carbocycles. The molecule has 0 saturated heterocycles. The Kier molecular flexibility index (Phi) is 50.6. The third kappa shape index (κ3) is 49.1. The maximum absolute atomic E-state index is 12.4. The summed E-state index contributed by atoms with van der Waals surface area (Å²) in [5, 5.41) is 23.2. The molecule has 0 spiro atoms. The topological polar surface area (TPSA) is 95.9 Å². The Morgan fingerprint density at radius 2 is 0.794 bits per heavy atom. The second-order valence-corrected chi connectivity index (χ2v) is 18.6. The third-order valence-corrected chi connectivity index (χ3v) is 12.4. The fourth-order valence-corrected chi connectivity index (χ4v) is 8.11. The average Bonchev–Trinajstić information content (AvgIpc) is 3.28. The quantitative estimate of drug-likeness (QED) is 0.0321. The number of hydrogen-bond donors (Lipinski definition) is 3. The summed E-state index contributed by atoms with van der Waals surface area (Å²) < 4.78 is 5.44. The van der Waals surface area contributed by atoms with Crippen molar-refractivity contribution in [2.24, 2.45) is 0 Å². The van der Waals surface area contributed by atoms with Gasteiger partial charge in [-0.1, -0.05) is 217 Å². The van der Waals surface area contributed by atoms with Crippen molar-refractivity contribution in [3.05, 3.63) is 48.6 Å². The molecule has 6 nitrogen and oxygen atoms in total. The number of carbonyl (C=O) groups is 2. The fourth-order valence-electron chi connectivity index (χ4n) is 8.11. The van der Waals surface area contributed by atoms with Gasteiger partial charge in [-0.05, 0) is 96.3 Å². The SMILES string of the molecule is CCCCC/C=C\C/C=C\CCCCCCCC(=O)OCCCCC/C=C\C/C=C\CCCCCCCCCC(=O)NC(CO)C(O)CCCCCCCCCCCCCCCC. The molecule has 2 atom stereocenters. The van der Waals surface area contributed by atoms with Gasteiger partial charge in [0.15, 0.2) is 0 Å². The molecule has 3 N–H and O–H groups in total. The molecule has 0 heterocycles. The van der Waals surface area contributed by atoms with Crippen LogP contribution in [0.25, 0.3) is 0 Å². The van der Waals surface area contributed by atoms with Gasteiger partial charge >= 0.3 is 5.97 Å². The van der Waals surface area contributed by atoms with E-state index < -0.39 is 12.1 Å². The van der Waals surface area contributed by atoms with E-state index in [0.717, 1.165) is 96.3 Å². The van der Waals surface area contributed by atoms with Crippen LogP contribution in [0.4, 0.5) is 0 Å². The number of esters is 1. The first kappa shape index (κ1) is 60.8. The number of hydrogen-bond acceptors (Lipinski definition) is 5. The number of aliphatic hydroxyl groups excluding tert-OH is 2. The highest BCUT2D eigenvalue weighted by molar-refractivity contribution is 5.76. The van der Waals surface area contributed by atoms with E-state index in [1.807, 2.05) is 0 Å². The van der Waals surface area contributed by atoms with Gasteiger partial charge in [-0.2, -0.15) is 0 Å². The molecule has 0 fully saturated rings. The van der Waals surface area contributed by atoms with E-state index in [1.165, 1.54) is 148 Å². The van der Waals surface area contributed by atoms with Gasteiger partial charge < -0.3 is 20.3 Å². The normalized spacial score (nSPS) is 13.0. The Hall–Kier alpha value is -2.18. The molecular formula is C57H105NO5. The highest BCUT2D eigenvalue weighted by Crippen LogP contribution is 2.16. The first-order valence-electron chi connectivity index (χ1n) is 27.4. The molecule has 2 unspecified atom stereocenters. The molecule has 0 aliphatic carbocycles. The van der Waals surface area contributed by atoms with E-state index in [4.69, 9.17) is 4.74 Å². The summed E-state index contributed by atoms with van der Waals surface area (Å²) >= 11 is 0. The molecule has 0 bridgehead atoms. The van der Waals surface area contributed by atoms with E-state index in [1.54, 1.807) is 0 Å². The summed E-state index contributed by atoms with van der Waals surface area (Å²) in [6.45, 7) is 4.87. The molecule has 0 aliphatic rings. The Balaban J connectivity index is 3.52. The van der Waals surface area contributed by atoms with E-state index >= 15 is 0 Å². The Morgan fingerprint density at radius 1 is 0.444 bits per heavy atom. The summed E-state index contributed by atoms with van der Waals surface area (Å²) in [6.07, 6.45) is 65.1. The zero-order chi connectivity index (χ0) is 45.8. The van der Waals surface area contributed by atoms with Crippen LogP contribution in [0.1, 0.15) is 277 Å². The predicted octanol–water partition coefficient (Wildman–Crippen LogP) is 16.6. The van der Waals surface area contributed by atoms with Gasteiger partial charge in [-0.15, -0.1) is 0 Å². The molecule has 6 heteroatoms. The van der Waals surface area contributed by atoms with Gasteiger partial charge in [-0.3, -0.25) is 9.59 Å². The second kappa shape index (κ2) is 52.4. The van der Waals surface area contributed by atoms with E-state index in [2.05, 4.69) is 67.8 Å². The molecule has 1 amide bonds. The van der Waals surface area contributed by atoms with Crippen LogP contribution in [0.2, 0.25) is 0 Å². The number of allylic oxidation sites excluding steroid dienone is 8. The molecule has 0 radical (unpaired) electrons. The van der Waals surface area contributed by atoms with Crippen LogP contribution in [0.3, 0.4) is 0 Å². The summed E-state index contributed by atoms with van der Waals surface area (Å²) in [5.74, 6) is -0.0823. The van der Waals surface area contributed by atoms with Crippen molar-refractivity contribution >= 4 is 11.9 Å². The van der Waals surface area contributed by atoms with Crippen LogP contribution in [-0.2, 0) is 14.3 Å². The van der Waals surface area contributed by atoms with Crippen molar-refractivity contribution in [2.75, 3.05) is 13.2 Å². The molecule has 63 heavy (non-hydrogen) atoms. The molecule has 368 valence electrons. The molecule has 0 aliphatic heterocycles. The molecule has 0 aromatic rings. The summed E-state index contributed by atoms with van der Waals surface area (Å²) in [4.78, 5) is 24.5. The number of unbranched alkanes of at least 4 members (excludes halogenated alkanes) is 31. The van der Waals surface area contributed by atoms with E-state index in [9.17, 15) is 19.8 Å². The van der Waals surface area contributed by atoms with Gasteiger partial charge in [0.25, 0.3) is 0 Å². The standard InChI is InChI=1S/C57H105NO5/c1-3-5-7-9-11-13-15-17-22-27-31-35-39-43-47-51-57(62)63-52-48-44-40-36-32-28-24-21-19-20-23-26-30-34-38-42-46-50-56(61)58-54(53-59)55(60)49-45-41-37-33-29-25-18-16-14-12-10-8-6-4-2/h11,13,17,19,21-22,28,32,54-55,59-60H,3-10,12,14-16,18,20,23-27,29-31,33-53H2,1-2H3,(H,58,61)/b13-11-,21-19-,22-17-,32-28-. The van der Waals surface area contributed by atoms with Crippen LogP contribution in [-0.4, -0.2) is 47.4 Å². The summed E-state index contributed by atoms with van der Waals surface area (Å²) in [6, 6.07) is -0.554. The zero-order valence-electron chi connectivity index (χ0n) is 41.8. The smallest absolute Gasteiger partial charge is 0.305 e. The van der Waals surface area contributed by atoms with Crippen LogP contribution in [0, 0.1) is 0 Å². The largest absolute Gasteiger partial charge is 0.466 e. The van der Waals surface area contributed by atoms with Crippen LogP contribution in [0.5, 0.6) is 0 Å². The van der Waals surface area contributed by atoms with Crippen LogP contribution >= 0.6 is 0 Å². The summed E-state index contributed by atoms with van der Waals surface area (Å²) in [7, 11) is 0. The van der Waals surface area contributed by atoms with Crippen LogP contribution in [0.15, 0.2) is 48.6 Å². The van der Waals surface area contributed by atoms with Gasteiger partial charge in [0.1, 0.15) is 0 Å². The maximum Gasteiger partial charge on any atom is 0.305 e. The average molecular weight is 884 g/mol. The van der Waals surface area contributed by atoms with Crippen molar-refractivity contribution in [1.82, 2.24) is 5.32 Å². The van der Waals surface area contributed by atoms with Crippen molar-refractivity contribution in [2.45, 2.75) is 289 Å². The number of rotatable bonds is 50. The number of carbonyl (C=O) groups excluding carboxylic acids is 2. The lowest BCUT2D eigenvalue weighted by atomic mass is 10.0. The number of aliphatic hydroxyl groups is 2. The lowest BCUT2D eigenvalue weighted by Crippen LogP contribution is -2.45. The highest BCUT2D eigenvalue weighted by atomic mass is 16.5. The lowest BCUT2D eigenvalue weighted by molar-refractivity contribution is -0.143. The van der Waals surface area contributed by atoms with Crippen molar-refractivity contribution < 1.29 is 24.5 Å². The van der Waals surface area contributed by atoms with Crippen molar-refractivity contribution in [3.63, 3.8) is 0 Å². The molecule has 0 aromatic carbocycles. The Labute approximate surface area is 391 Å². The number of ether oxygens (including phenoxy) is 1. The zero-order valence-corrected chi connectivity index (χ0v) is 41.8. The monoisotopic (exact) mass is 884 g/mol. The van der Waals surface area contributed by atoms with E-state index in [0.29, 0.717) is 25.9 Å². The van der Waals surface area contributed by atoms with Gasteiger partial charge in [0, 0.05) is 12.8 Å². The minimum Gasteiger partial charge on any atom is -0.466 e. The Bertz CT molecular complexity index is 1070. The maximum atomic E-state index is 12.4. The van der Waals surface area contributed by atoms with Crippen LogP contribution < -0.4 is 5.32 Å². The lowest BCUT2D eigenvalue weighted by Gasteiger charge is -2.22. The first-order chi connectivity index (χ1) is 31.0. The van der Waals surface area contributed by atoms with E-state index in [-0.39, 0.29) is 18.5 Å². The van der Waals surface area contributed by atoms with Gasteiger partial charge in [-0.25, -0.2) is 0 Å². The molecular weight excluding hydrogens is 779 g/mol. The predicted molar refractivity (Wildman–Crippen MR) is 273 cm³/mol. The fraction of sp³-hybridized carbons (Fsp3) is 0.825. The van der Waals surface area contributed by atoms with Crippen molar-refractivity contribution in [3.8, 4) is 0 Å². The minimum absolute atomic E-state index is 0.0301. The first-order valence-corrected chi connectivity index (χ1v) is 27.4. The summed E-state index contributed by atoms with van der Waals surface area (Å²) in [5.41, 5.74) is 0. The van der Waals surface area contributed by atoms with Gasteiger partial charge in [0.05, 0.1) is 25.4 Å². The molecule has 0 rings (SSSR count). The highest BCUT2D eigenvalue weighted by Gasteiger charge is 2.20. The van der Waals surface area contributed by atoms with Gasteiger partial charge in [0.2, 0.25) is 5.91 Å². The number of nitrogens with one attached hydrogen (secondary N) is 1. The second-order valence-electron chi connectivity index (χ2n) is 18.6.